The van der Waals surface area contributed by atoms with Crippen molar-refractivity contribution in [2.45, 2.75) is 59.5 Å². The number of hydrogen-bond acceptors (Lipinski definition) is 2. The zero-order valence-electron chi connectivity index (χ0n) is 14.4. The highest BCUT2D eigenvalue weighted by molar-refractivity contribution is 5.81. The number of esters is 1. The summed E-state index contributed by atoms with van der Waals surface area (Å²) in [6, 6.07) is 0. The van der Waals surface area contributed by atoms with Crippen LogP contribution in [-0.2, 0) is 9.53 Å². The first-order valence-electron chi connectivity index (χ1n) is 7.87. The molecule has 2 atom stereocenters. The molecule has 0 aliphatic rings. The van der Waals surface area contributed by atoms with Gasteiger partial charge in [0.25, 0.3) is 0 Å². The van der Waals surface area contributed by atoms with Crippen molar-refractivity contribution < 1.29 is 9.53 Å². The van der Waals surface area contributed by atoms with Crippen molar-refractivity contribution in [2.24, 2.45) is 17.8 Å². The van der Waals surface area contributed by atoms with Gasteiger partial charge >= 0.3 is 5.97 Å². The summed E-state index contributed by atoms with van der Waals surface area (Å²) in [5.41, 5.74) is -0.486. The van der Waals surface area contributed by atoms with Crippen LogP contribution in [0.15, 0.2) is 37.5 Å². The maximum Gasteiger partial charge on any atom is 0.330 e. The van der Waals surface area contributed by atoms with Gasteiger partial charge < -0.3 is 4.74 Å². The molecule has 0 rings (SSSR count). The molecule has 0 saturated heterocycles. The monoisotopic (exact) mass is 292 g/mol. The lowest BCUT2D eigenvalue weighted by Crippen LogP contribution is -2.35. The standard InChI is InChI=1S/C19H32O2/c1-8-17(13-11-10-12-15(3)4)14-16(5)19(6,7)21-18(20)9-2/h8-10,12,15-17H,1-2,11,13-14H2,3-7H3/b12-10+. The van der Waals surface area contributed by atoms with E-state index in [0.717, 1.165) is 19.3 Å². The molecule has 0 aromatic rings. The van der Waals surface area contributed by atoms with Crippen molar-refractivity contribution in [1.29, 1.82) is 0 Å². The summed E-state index contributed by atoms with van der Waals surface area (Å²) in [5, 5.41) is 0. The minimum absolute atomic E-state index is 0.262. The minimum atomic E-state index is -0.486. The molecule has 2 unspecified atom stereocenters. The zero-order valence-corrected chi connectivity index (χ0v) is 14.4. The van der Waals surface area contributed by atoms with E-state index in [1.165, 1.54) is 6.08 Å². The third kappa shape index (κ3) is 8.54. The van der Waals surface area contributed by atoms with E-state index < -0.39 is 5.60 Å². The predicted molar refractivity (Wildman–Crippen MR) is 91.0 cm³/mol. The maximum atomic E-state index is 11.4. The molecule has 0 aromatic carbocycles. The predicted octanol–water partition coefficient (Wildman–Crippen LogP) is 5.32. The fraction of sp³-hybridized carbons (Fsp3) is 0.632. The molecule has 0 aromatic heterocycles. The number of carbonyl (C=O) groups excluding carboxylic acids is 1. The molecule has 21 heavy (non-hydrogen) atoms. The van der Waals surface area contributed by atoms with Gasteiger partial charge in [0.05, 0.1) is 0 Å². The second-order valence-electron chi connectivity index (χ2n) is 6.61. The number of hydrogen-bond donors (Lipinski definition) is 0. The summed E-state index contributed by atoms with van der Waals surface area (Å²) < 4.78 is 5.45. The first kappa shape index (κ1) is 19.7. The van der Waals surface area contributed by atoms with Gasteiger partial charge in [0, 0.05) is 6.08 Å². The number of ether oxygens (including phenoxy) is 1. The lowest BCUT2D eigenvalue weighted by Gasteiger charge is -2.33. The van der Waals surface area contributed by atoms with Gasteiger partial charge in [0.15, 0.2) is 0 Å². The molecule has 0 bridgehead atoms. The molecule has 0 saturated carbocycles. The van der Waals surface area contributed by atoms with Gasteiger partial charge in [-0.3, -0.25) is 0 Å². The van der Waals surface area contributed by atoms with Crippen molar-refractivity contribution in [3.8, 4) is 0 Å². The Morgan fingerprint density at radius 3 is 2.33 bits per heavy atom. The van der Waals surface area contributed by atoms with Crippen LogP contribution < -0.4 is 0 Å². The molecular formula is C19H32O2. The topological polar surface area (TPSA) is 26.3 Å². The average molecular weight is 292 g/mol. The Balaban J connectivity index is 4.42. The normalized spacial score (nSPS) is 15.0. The zero-order chi connectivity index (χ0) is 16.5. The summed E-state index contributed by atoms with van der Waals surface area (Å²) >= 11 is 0. The largest absolute Gasteiger partial charge is 0.456 e. The summed E-state index contributed by atoms with van der Waals surface area (Å²) in [4.78, 5) is 11.4. The lowest BCUT2D eigenvalue weighted by atomic mass is 9.83. The molecule has 0 fully saturated rings. The third-order valence-corrected chi connectivity index (χ3v) is 3.93. The van der Waals surface area contributed by atoms with Crippen molar-refractivity contribution in [2.75, 3.05) is 0 Å². The molecule has 2 heteroatoms. The van der Waals surface area contributed by atoms with Gasteiger partial charge in [-0.15, -0.1) is 6.58 Å². The summed E-state index contributed by atoms with van der Waals surface area (Å²) in [6.07, 6.45) is 10.8. The fourth-order valence-corrected chi connectivity index (χ4v) is 2.15. The van der Waals surface area contributed by atoms with Crippen molar-refractivity contribution in [3.63, 3.8) is 0 Å². The Hall–Kier alpha value is -1.31. The van der Waals surface area contributed by atoms with E-state index >= 15 is 0 Å². The molecule has 120 valence electrons. The summed E-state index contributed by atoms with van der Waals surface area (Å²) in [6.45, 7) is 17.8. The van der Waals surface area contributed by atoms with Gasteiger partial charge in [-0.05, 0) is 50.9 Å². The van der Waals surface area contributed by atoms with E-state index in [-0.39, 0.29) is 11.9 Å². The molecule has 0 spiro atoms. The third-order valence-electron chi connectivity index (χ3n) is 3.93. The molecular weight excluding hydrogens is 260 g/mol. The number of rotatable bonds is 10. The first-order chi connectivity index (χ1) is 9.72. The van der Waals surface area contributed by atoms with Crippen LogP contribution in [0, 0.1) is 17.8 Å². The van der Waals surface area contributed by atoms with Gasteiger partial charge in [0.1, 0.15) is 5.60 Å². The van der Waals surface area contributed by atoms with Crippen LogP contribution >= 0.6 is 0 Å². The van der Waals surface area contributed by atoms with E-state index in [9.17, 15) is 4.79 Å². The van der Waals surface area contributed by atoms with E-state index in [4.69, 9.17) is 4.74 Å². The Bertz CT molecular complexity index is 364. The van der Waals surface area contributed by atoms with Crippen LogP contribution in [0.1, 0.15) is 53.9 Å². The van der Waals surface area contributed by atoms with E-state index in [2.05, 4.69) is 46.1 Å². The van der Waals surface area contributed by atoms with E-state index in [1.54, 1.807) is 0 Å². The Morgan fingerprint density at radius 1 is 1.24 bits per heavy atom. The Morgan fingerprint density at radius 2 is 1.86 bits per heavy atom. The van der Waals surface area contributed by atoms with Crippen molar-refractivity contribution in [1.82, 2.24) is 0 Å². The van der Waals surface area contributed by atoms with Crippen LogP contribution in [0.5, 0.6) is 0 Å². The molecule has 2 nitrogen and oxygen atoms in total. The van der Waals surface area contributed by atoms with Crippen LogP contribution in [0.25, 0.3) is 0 Å². The highest BCUT2D eigenvalue weighted by Gasteiger charge is 2.30. The molecule has 0 amide bonds. The number of carbonyl (C=O) groups is 1. The Labute approximate surface area is 131 Å². The fourth-order valence-electron chi connectivity index (χ4n) is 2.15. The second-order valence-corrected chi connectivity index (χ2v) is 6.61. The SMILES string of the molecule is C=CC(=O)OC(C)(C)C(C)CC(C=C)CC/C=C/C(C)C. The van der Waals surface area contributed by atoms with Crippen LogP contribution in [0.2, 0.25) is 0 Å². The van der Waals surface area contributed by atoms with Gasteiger partial charge in [-0.1, -0.05) is 45.6 Å². The molecule has 0 radical (unpaired) electrons. The molecule has 0 aliphatic carbocycles. The van der Waals surface area contributed by atoms with Crippen LogP contribution in [0.4, 0.5) is 0 Å². The molecule has 0 N–H and O–H groups in total. The van der Waals surface area contributed by atoms with Gasteiger partial charge in [-0.2, -0.15) is 0 Å². The maximum absolute atomic E-state index is 11.4. The second kappa shape index (κ2) is 9.59. The van der Waals surface area contributed by atoms with Crippen molar-refractivity contribution >= 4 is 5.97 Å². The van der Waals surface area contributed by atoms with Crippen LogP contribution in [0.3, 0.4) is 0 Å². The quantitative estimate of drug-likeness (QED) is 0.309. The lowest BCUT2D eigenvalue weighted by molar-refractivity contribution is -0.155. The highest BCUT2D eigenvalue weighted by Crippen LogP contribution is 2.29. The average Bonchev–Trinajstić information content (AvgIpc) is 2.40. The molecule has 0 aliphatic heterocycles. The number of allylic oxidation sites excluding steroid dienone is 3. The summed E-state index contributed by atoms with van der Waals surface area (Å²) in [7, 11) is 0. The highest BCUT2D eigenvalue weighted by atomic mass is 16.6. The van der Waals surface area contributed by atoms with Gasteiger partial charge in [-0.25, -0.2) is 4.79 Å². The Kier molecular flexibility index (Phi) is 9.00. The van der Waals surface area contributed by atoms with Crippen molar-refractivity contribution in [3.05, 3.63) is 37.5 Å². The van der Waals surface area contributed by atoms with E-state index in [0.29, 0.717) is 11.8 Å². The van der Waals surface area contributed by atoms with E-state index in [1.807, 2.05) is 19.9 Å². The van der Waals surface area contributed by atoms with Gasteiger partial charge in [0.2, 0.25) is 0 Å². The summed E-state index contributed by atoms with van der Waals surface area (Å²) in [5.74, 6) is 0.947. The smallest absolute Gasteiger partial charge is 0.330 e. The minimum Gasteiger partial charge on any atom is -0.456 e. The molecule has 0 heterocycles. The van der Waals surface area contributed by atoms with Crippen LogP contribution in [-0.4, -0.2) is 11.6 Å². The first-order valence-corrected chi connectivity index (χ1v) is 7.87.